The van der Waals surface area contributed by atoms with E-state index in [2.05, 4.69) is 38.4 Å². The molecule has 0 amide bonds. The average molecular weight is 833 g/mol. The average Bonchev–Trinajstić information content (AvgIpc) is 3.02. The summed E-state index contributed by atoms with van der Waals surface area (Å²) in [5, 5.41) is 11.1. The van der Waals surface area contributed by atoms with Crippen LogP contribution in [-0.2, 0) is 25.7 Å². The highest BCUT2D eigenvalue weighted by Gasteiger charge is 2.37. The van der Waals surface area contributed by atoms with Crippen molar-refractivity contribution >= 4 is 80.1 Å². The molecule has 0 fully saturated rings. The standard InChI is InChI=1S/C35H28Br2O10S2/c1-6-34(2,3)27-30-24(17-18-35(4,5)45-30)29(39)26-28(38)23-15-16-25(46-48(40,41)21-11-7-19(36)8-12-21)32(31(23)44-33(26)27)47-49(42,43)22-13-9-20(37)10-14-22/h6-18,39H,1H2,2-5H3. The lowest BCUT2D eigenvalue weighted by atomic mass is 9.80. The van der Waals surface area contributed by atoms with Gasteiger partial charge in [-0.3, -0.25) is 4.79 Å². The molecule has 1 aliphatic rings. The number of allylic oxidation sites excluding steroid dienone is 1. The van der Waals surface area contributed by atoms with Crippen LogP contribution < -0.4 is 18.5 Å². The molecule has 0 saturated heterocycles. The molecule has 0 bridgehead atoms. The Morgan fingerprint density at radius 2 is 1.41 bits per heavy atom. The molecule has 1 aliphatic heterocycles. The summed E-state index contributed by atoms with van der Waals surface area (Å²) in [4.78, 5) is 13.8. The van der Waals surface area contributed by atoms with Crippen LogP contribution in [0.2, 0.25) is 0 Å². The van der Waals surface area contributed by atoms with Gasteiger partial charge in [0, 0.05) is 19.9 Å². The second kappa shape index (κ2) is 12.0. The van der Waals surface area contributed by atoms with Crippen molar-refractivity contribution in [3.05, 3.63) is 110 Å². The molecule has 49 heavy (non-hydrogen) atoms. The molecular formula is C35H28Br2O10S2. The minimum atomic E-state index is -4.68. The highest BCUT2D eigenvalue weighted by Crippen LogP contribution is 2.50. The molecular weight excluding hydrogens is 804 g/mol. The predicted molar refractivity (Wildman–Crippen MR) is 193 cm³/mol. The van der Waals surface area contributed by atoms with Gasteiger partial charge in [0.2, 0.25) is 11.2 Å². The molecule has 1 N–H and O–H groups in total. The topological polar surface area (TPSA) is 146 Å². The van der Waals surface area contributed by atoms with Crippen LogP contribution in [0.25, 0.3) is 28.0 Å². The van der Waals surface area contributed by atoms with E-state index in [0.717, 1.165) is 6.07 Å². The fraction of sp³-hybridized carbons (Fsp3) is 0.171. The van der Waals surface area contributed by atoms with Gasteiger partial charge in [-0.05, 0) is 86.7 Å². The summed E-state index contributed by atoms with van der Waals surface area (Å²) in [5.41, 5.74) is -2.52. The number of hydrogen-bond donors (Lipinski definition) is 1. The van der Waals surface area contributed by atoms with E-state index in [4.69, 9.17) is 17.5 Å². The maximum Gasteiger partial charge on any atom is 0.339 e. The second-order valence-corrected chi connectivity index (χ2v) is 17.2. The van der Waals surface area contributed by atoms with Crippen LogP contribution in [0.15, 0.2) is 107 Å². The fourth-order valence-corrected chi connectivity index (χ4v) is 7.69. The Hall–Kier alpha value is -4.11. The monoisotopic (exact) mass is 830 g/mol. The predicted octanol–water partition coefficient (Wildman–Crippen LogP) is 8.36. The van der Waals surface area contributed by atoms with Crippen LogP contribution in [0.3, 0.4) is 0 Å². The molecule has 0 atom stereocenters. The Balaban J connectivity index is 1.71. The van der Waals surface area contributed by atoms with E-state index < -0.39 is 59.5 Å². The summed E-state index contributed by atoms with van der Waals surface area (Å²) in [7, 11) is -9.25. The molecule has 0 aliphatic carbocycles. The molecule has 0 radical (unpaired) electrons. The maximum atomic E-state index is 14.3. The third-order valence-corrected chi connectivity index (χ3v) is 11.5. The third kappa shape index (κ3) is 6.26. The highest BCUT2D eigenvalue weighted by molar-refractivity contribution is 9.10. The van der Waals surface area contributed by atoms with Crippen LogP contribution in [0, 0.1) is 0 Å². The van der Waals surface area contributed by atoms with Gasteiger partial charge >= 0.3 is 20.2 Å². The van der Waals surface area contributed by atoms with Crippen molar-refractivity contribution < 1.29 is 39.5 Å². The summed E-state index contributed by atoms with van der Waals surface area (Å²) in [6.45, 7) is 11.2. The van der Waals surface area contributed by atoms with Crippen LogP contribution in [-0.4, -0.2) is 27.5 Å². The van der Waals surface area contributed by atoms with Crippen molar-refractivity contribution in [2.45, 2.75) is 48.5 Å². The number of aromatic hydroxyl groups is 1. The number of rotatable bonds is 8. The van der Waals surface area contributed by atoms with Gasteiger partial charge in [-0.25, -0.2) is 0 Å². The molecule has 2 heterocycles. The summed E-state index contributed by atoms with van der Waals surface area (Å²) >= 11 is 6.52. The van der Waals surface area contributed by atoms with E-state index in [-0.39, 0.29) is 37.5 Å². The van der Waals surface area contributed by atoms with Gasteiger partial charge in [-0.15, -0.1) is 6.58 Å². The minimum Gasteiger partial charge on any atom is -0.506 e. The maximum absolute atomic E-state index is 14.3. The smallest absolute Gasteiger partial charge is 0.339 e. The van der Waals surface area contributed by atoms with Crippen molar-refractivity contribution in [3.63, 3.8) is 0 Å². The second-order valence-electron chi connectivity index (χ2n) is 12.3. The van der Waals surface area contributed by atoms with Gasteiger partial charge in [-0.2, -0.15) is 16.8 Å². The van der Waals surface area contributed by atoms with E-state index in [0.29, 0.717) is 14.5 Å². The third-order valence-electron chi connectivity index (χ3n) is 7.94. The molecule has 0 spiro atoms. The lowest BCUT2D eigenvalue weighted by molar-refractivity contribution is 0.155. The van der Waals surface area contributed by atoms with E-state index in [1.165, 1.54) is 54.6 Å². The number of phenolic OH excluding ortho intramolecular Hbond substituents is 1. The van der Waals surface area contributed by atoms with E-state index in [1.807, 2.05) is 13.8 Å². The van der Waals surface area contributed by atoms with E-state index >= 15 is 0 Å². The van der Waals surface area contributed by atoms with Gasteiger partial charge in [0.15, 0.2) is 11.3 Å². The van der Waals surface area contributed by atoms with Crippen LogP contribution in [0.5, 0.6) is 23.0 Å². The van der Waals surface area contributed by atoms with Crippen molar-refractivity contribution in [3.8, 4) is 23.0 Å². The first-order chi connectivity index (χ1) is 22.8. The summed E-state index contributed by atoms with van der Waals surface area (Å²) < 4.78 is 79.2. The first kappa shape index (κ1) is 34.7. The Bertz CT molecular complexity index is 2500. The zero-order chi connectivity index (χ0) is 35.7. The molecule has 0 unspecified atom stereocenters. The molecule has 10 nitrogen and oxygen atoms in total. The zero-order valence-corrected chi connectivity index (χ0v) is 31.2. The van der Waals surface area contributed by atoms with Gasteiger partial charge in [-0.1, -0.05) is 51.8 Å². The number of hydrogen-bond acceptors (Lipinski definition) is 10. The Morgan fingerprint density at radius 3 is 1.96 bits per heavy atom. The Labute approximate surface area is 299 Å². The van der Waals surface area contributed by atoms with Crippen molar-refractivity contribution in [2.24, 2.45) is 0 Å². The zero-order valence-electron chi connectivity index (χ0n) is 26.4. The largest absolute Gasteiger partial charge is 0.506 e. The number of fused-ring (bicyclic) bond motifs is 3. The lowest BCUT2D eigenvalue weighted by Crippen LogP contribution is -2.30. The molecule has 254 valence electrons. The van der Waals surface area contributed by atoms with Gasteiger partial charge in [0.25, 0.3) is 0 Å². The molecule has 6 rings (SSSR count). The van der Waals surface area contributed by atoms with Gasteiger partial charge in [0.1, 0.15) is 37.9 Å². The van der Waals surface area contributed by atoms with Crippen molar-refractivity contribution in [2.75, 3.05) is 0 Å². The SMILES string of the molecule is C=CC(C)(C)c1c2c(c(O)c3c(=O)c4ccc(OS(=O)(=O)c5ccc(Br)cc5)c(OS(=O)(=O)c5ccc(Br)cc5)c4oc13)C=CC(C)(C)O2. The van der Waals surface area contributed by atoms with Gasteiger partial charge in [0.05, 0.1) is 10.9 Å². The van der Waals surface area contributed by atoms with Gasteiger partial charge < -0.3 is 22.6 Å². The normalized spacial score (nSPS) is 14.3. The van der Waals surface area contributed by atoms with Crippen LogP contribution >= 0.6 is 31.9 Å². The summed E-state index contributed by atoms with van der Waals surface area (Å²) in [6, 6.07) is 13.4. The molecule has 14 heteroatoms. The molecule has 5 aromatic rings. The van der Waals surface area contributed by atoms with Crippen molar-refractivity contribution in [1.82, 2.24) is 0 Å². The highest BCUT2D eigenvalue weighted by atomic mass is 79.9. The molecule has 1 aromatic heterocycles. The number of ether oxygens (including phenoxy) is 1. The number of phenols is 1. The van der Waals surface area contributed by atoms with E-state index in [1.54, 1.807) is 32.1 Å². The molecule has 4 aromatic carbocycles. The number of benzene rings is 4. The summed E-state index contributed by atoms with van der Waals surface area (Å²) in [6.07, 6.45) is 5.00. The molecule has 0 saturated carbocycles. The summed E-state index contributed by atoms with van der Waals surface area (Å²) in [5.74, 6) is -1.48. The van der Waals surface area contributed by atoms with Crippen molar-refractivity contribution in [1.29, 1.82) is 0 Å². The fourth-order valence-electron chi connectivity index (χ4n) is 5.29. The van der Waals surface area contributed by atoms with Crippen LogP contribution in [0.4, 0.5) is 0 Å². The Morgan fingerprint density at radius 1 is 0.857 bits per heavy atom. The number of halogens is 2. The Kier molecular flexibility index (Phi) is 8.54. The minimum absolute atomic E-state index is 0.149. The first-order valence-corrected chi connectivity index (χ1v) is 19.0. The first-order valence-electron chi connectivity index (χ1n) is 14.6. The van der Waals surface area contributed by atoms with Crippen LogP contribution in [0.1, 0.15) is 38.8 Å². The van der Waals surface area contributed by atoms with E-state index in [9.17, 15) is 26.7 Å². The lowest BCUT2D eigenvalue weighted by Gasteiger charge is -2.34. The quantitative estimate of drug-likeness (QED) is 0.0920.